The Hall–Kier alpha value is -8.07. The lowest BCUT2D eigenvalue weighted by Gasteiger charge is -2.39. The average molecular weight is 1000 g/mol. The van der Waals surface area contributed by atoms with Crippen LogP contribution >= 0.6 is 0 Å². The van der Waals surface area contributed by atoms with Crippen LogP contribution in [-0.4, -0.2) is 52.3 Å². The zero-order chi connectivity index (χ0) is 52.5. The third-order valence-electron chi connectivity index (χ3n) is 11.7. The van der Waals surface area contributed by atoms with Gasteiger partial charge in [0.1, 0.15) is 0 Å². The summed E-state index contributed by atoms with van der Waals surface area (Å²) in [5.74, 6) is 0.276. The van der Waals surface area contributed by atoms with Gasteiger partial charge in [-0.1, -0.05) is 221 Å². The summed E-state index contributed by atoms with van der Waals surface area (Å²) < 4.78 is 40.5. The van der Waals surface area contributed by atoms with Crippen LogP contribution in [0.4, 0.5) is 17.8 Å². The van der Waals surface area contributed by atoms with Crippen LogP contribution in [0.25, 0.3) is 0 Å². The first-order chi connectivity index (χ1) is 36.9. The van der Waals surface area contributed by atoms with Crippen molar-refractivity contribution in [2.24, 2.45) is 0 Å². The molecule has 0 aliphatic carbocycles. The van der Waals surface area contributed by atoms with E-state index in [1.807, 2.05) is 182 Å². The molecule has 384 valence electrons. The topological polar surface area (TPSA) is 104 Å². The van der Waals surface area contributed by atoms with Gasteiger partial charge in [-0.2, -0.15) is 15.0 Å². The van der Waals surface area contributed by atoms with Crippen LogP contribution in [0, 0.1) is 0 Å². The first kappa shape index (κ1) is 54.7. The third-order valence-corrected chi connectivity index (χ3v) is 11.7. The van der Waals surface area contributed by atoms with Gasteiger partial charge in [-0.3, -0.25) is 14.7 Å². The molecule has 6 unspecified atom stereocenters. The van der Waals surface area contributed by atoms with E-state index in [4.69, 9.17) is 43.4 Å². The summed E-state index contributed by atoms with van der Waals surface area (Å²) in [5, 5.41) is 0. The van der Waals surface area contributed by atoms with E-state index in [9.17, 15) is 0 Å². The molecule has 6 atom stereocenters. The first-order valence-electron chi connectivity index (χ1n) is 24.7. The smallest absolute Gasteiger partial charge is 0.236 e. The molecule has 6 aromatic carbocycles. The molecule has 7 rings (SSSR count). The van der Waals surface area contributed by atoms with Gasteiger partial charge in [-0.05, 0) is 69.8 Å². The quantitative estimate of drug-likeness (QED) is 0.0289. The van der Waals surface area contributed by atoms with Gasteiger partial charge in [-0.25, -0.2) is 0 Å². The van der Waals surface area contributed by atoms with Gasteiger partial charge in [0.2, 0.25) is 17.8 Å². The lowest BCUT2D eigenvalue weighted by molar-refractivity contribution is 0.00526. The minimum atomic E-state index is -0.919. The second-order valence-corrected chi connectivity index (χ2v) is 17.0. The molecule has 0 radical (unpaired) electrons. The van der Waals surface area contributed by atoms with Gasteiger partial charge < -0.3 is 28.4 Å². The molecule has 0 fully saturated rings. The highest BCUT2D eigenvalue weighted by Gasteiger charge is 2.36. The molecule has 75 heavy (non-hydrogen) atoms. The van der Waals surface area contributed by atoms with E-state index in [-0.39, 0.29) is 57.5 Å². The number of ether oxygens (including phenoxy) is 6. The summed E-state index contributed by atoms with van der Waals surface area (Å²) in [6, 6.07) is 59.1. The molecule has 0 N–H and O–H groups in total. The van der Waals surface area contributed by atoms with Crippen LogP contribution in [0.1, 0.15) is 33.4 Å². The second-order valence-electron chi connectivity index (χ2n) is 17.0. The predicted octanol–water partition coefficient (Wildman–Crippen LogP) is 12.7. The second kappa shape index (κ2) is 29.6. The largest absolute Gasteiger partial charge is 0.350 e. The molecule has 1 aromatic heterocycles. The Labute approximate surface area is 442 Å². The lowest BCUT2D eigenvalue weighted by Crippen LogP contribution is -2.49. The van der Waals surface area contributed by atoms with Gasteiger partial charge in [0.25, 0.3) is 0 Å². The maximum Gasteiger partial charge on any atom is 0.236 e. The summed E-state index contributed by atoms with van der Waals surface area (Å²) >= 11 is 0. The van der Waals surface area contributed by atoms with Crippen molar-refractivity contribution in [1.29, 1.82) is 0 Å². The van der Waals surface area contributed by atoms with E-state index in [0.29, 0.717) is 0 Å². The Morgan fingerprint density at radius 2 is 0.413 bits per heavy atom. The van der Waals surface area contributed by atoms with Crippen LogP contribution in [-0.2, 0) is 68.1 Å². The van der Waals surface area contributed by atoms with Crippen LogP contribution in [0.15, 0.2) is 258 Å². The van der Waals surface area contributed by atoms with E-state index in [0.717, 1.165) is 33.4 Å². The molecule has 0 aliphatic heterocycles. The Morgan fingerprint density at radius 3 is 0.547 bits per heavy atom. The maximum absolute atomic E-state index is 6.74. The van der Waals surface area contributed by atoms with Crippen molar-refractivity contribution in [2.75, 3.05) is 14.7 Å². The summed E-state index contributed by atoms with van der Waals surface area (Å²) in [5.41, 5.74) is 5.59. The highest BCUT2D eigenvalue weighted by molar-refractivity contribution is 5.51. The highest BCUT2D eigenvalue weighted by atomic mass is 16.5. The Balaban J connectivity index is 1.45. The van der Waals surface area contributed by atoms with Crippen molar-refractivity contribution < 1.29 is 28.4 Å². The SMILES string of the molecule is C=CC(OCc1ccccc1)N(c1nc(N(C(C=C)OCc2ccccc2)C(C=C)OCc2ccccc2)nc(N(C(C=C)OCc2ccccc2)C(C=C)OCc2ccccc2)n1)C(C=C)OCc1ccccc1. The first-order valence-corrected chi connectivity index (χ1v) is 24.7. The van der Waals surface area contributed by atoms with Gasteiger partial charge in [-0.15, -0.1) is 0 Å². The number of rotatable bonds is 33. The zero-order valence-corrected chi connectivity index (χ0v) is 42.4. The molecule has 12 heteroatoms. The summed E-state index contributed by atoms with van der Waals surface area (Å²) in [6.07, 6.45) is 4.48. The summed E-state index contributed by atoms with van der Waals surface area (Å²) in [7, 11) is 0. The monoisotopic (exact) mass is 1000 g/mol. The van der Waals surface area contributed by atoms with E-state index >= 15 is 0 Å². The normalized spacial score (nSPS) is 13.4. The van der Waals surface area contributed by atoms with Crippen molar-refractivity contribution in [1.82, 2.24) is 15.0 Å². The molecule has 0 bridgehead atoms. The number of aromatic nitrogens is 3. The molecule has 0 amide bonds. The molecule has 0 saturated carbocycles. The van der Waals surface area contributed by atoms with Crippen molar-refractivity contribution >= 4 is 17.8 Å². The Bertz CT molecular complexity index is 2330. The molecular formula is C63H66N6O6. The van der Waals surface area contributed by atoms with Crippen molar-refractivity contribution in [3.05, 3.63) is 291 Å². The minimum absolute atomic E-state index is 0.0920. The number of anilines is 3. The van der Waals surface area contributed by atoms with E-state index in [1.54, 1.807) is 51.2 Å². The fraction of sp³-hybridized carbons (Fsp3) is 0.190. The van der Waals surface area contributed by atoms with Crippen molar-refractivity contribution in [2.45, 2.75) is 77.0 Å². The predicted molar refractivity (Wildman–Crippen MR) is 299 cm³/mol. The van der Waals surface area contributed by atoms with Crippen LogP contribution < -0.4 is 14.7 Å². The molecule has 12 nitrogen and oxygen atoms in total. The van der Waals surface area contributed by atoms with Gasteiger partial charge in [0, 0.05) is 0 Å². The Morgan fingerprint density at radius 1 is 0.267 bits per heavy atom. The highest BCUT2D eigenvalue weighted by Crippen LogP contribution is 2.31. The number of hydrogen-bond donors (Lipinski definition) is 0. The fourth-order valence-electron chi connectivity index (χ4n) is 7.91. The molecule has 0 spiro atoms. The zero-order valence-electron chi connectivity index (χ0n) is 42.4. The van der Waals surface area contributed by atoms with E-state index in [2.05, 4.69) is 39.5 Å². The molecule has 7 aromatic rings. The summed E-state index contributed by atoms with van der Waals surface area (Å²) in [6.45, 7) is 26.8. The Kier molecular flexibility index (Phi) is 21.6. The molecule has 0 aliphatic rings. The minimum Gasteiger partial charge on any atom is -0.350 e. The lowest BCUT2D eigenvalue weighted by atomic mass is 10.2. The van der Waals surface area contributed by atoms with E-state index < -0.39 is 37.4 Å². The van der Waals surface area contributed by atoms with Crippen LogP contribution in [0.2, 0.25) is 0 Å². The van der Waals surface area contributed by atoms with Crippen LogP contribution in [0.5, 0.6) is 0 Å². The van der Waals surface area contributed by atoms with Gasteiger partial charge in [0.15, 0.2) is 37.4 Å². The third kappa shape index (κ3) is 16.0. The number of nitrogens with zero attached hydrogens (tertiary/aromatic N) is 6. The van der Waals surface area contributed by atoms with E-state index in [1.165, 1.54) is 0 Å². The number of benzene rings is 6. The molecule has 1 heterocycles. The van der Waals surface area contributed by atoms with Crippen molar-refractivity contribution in [3.8, 4) is 0 Å². The van der Waals surface area contributed by atoms with Gasteiger partial charge >= 0.3 is 0 Å². The fourth-order valence-corrected chi connectivity index (χ4v) is 7.91. The summed E-state index contributed by atoms with van der Waals surface area (Å²) in [4.78, 5) is 21.3. The maximum atomic E-state index is 6.74. The molecule has 0 saturated heterocycles. The van der Waals surface area contributed by atoms with Gasteiger partial charge in [0.05, 0.1) is 39.6 Å². The van der Waals surface area contributed by atoms with Crippen LogP contribution in [0.3, 0.4) is 0 Å². The standard InChI is InChI=1S/C63H66N6O6/c1-7-55(70-43-49-31-19-13-20-32-49)67(56(8-2)71-44-50-33-21-14-22-34-50)61-64-62(68(57(9-3)72-45-51-35-23-15-24-36-51)58(10-4)73-46-52-37-25-16-26-38-52)66-63(65-61)69(59(11-5)74-47-53-39-27-17-28-40-53)60(12-6)75-48-54-41-29-18-30-42-54/h7-42,55-60H,1-6,43-48H2. The number of hydrogen-bond acceptors (Lipinski definition) is 12. The molecular weight excluding hydrogens is 937 g/mol. The van der Waals surface area contributed by atoms with Crippen molar-refractivity contribution in [3.63, 3.8) is 0 Å². The average Bonchev–Trinajstić information content (AvgIpc) is 3.47.